The Morgan fingerprint density at radius 1 is 1.30 bits per heavy atom. The first kappa shape index (κ1) is 14.7. The summed E-state index contributed by atoms with van der Waals surface area (Å²) in [6, 6.07) is 6.21. The van der Waals surface area contributed by atoms with Crippen molar-refractivity contribution in [3.8, 4) is 10.6 Å². The Labute approximate surface area is 139 Å². The Morgan fingerprint density at radius 3 is 2.83 bits per heavy atom. The first-order chi connectivity index (χ1) is 11.1. The van der Waals surface area contributed by atoms with Crippen LogP contribution in [0, 0.1) is 0 Å². The van der Waals surface area contributed by atoms with Gasteiger partial charge in [0.25, 0.3) is 0 Å². The minimum atomic E-state index is -0.0463. The SMILES string of the molecule is CC(C)n1c(=O)[nH]c2c(-c3nc(C4CCCC4)cs3)cccc21. The molecule has 0 aliphatic heterocycles. The van der Waals surface area contributed by atoms with Gasteiger partial charge in [-0.15, -0.1) is 11.3 Å². The van der Waals surface area contributed by atoms with Crippen molar-refractivity contribution in [3.05, 3.63) is 39.8 Å². The van der Waals surface area contributed by atoms with E-state index >= 15 is 0 Å². The topological polar surface area (TPSA) is 50.7 Å². The van der Waals surface area contributed by atoms with E-state index in [1.54, 1.807) is 11.3 Å². The lowest BCUT2D eigenvalue weighted by molar-refractivity contribution is 0.598. The molecule has 1 aliphatic rings. The smallest absolute Gasteiger partial charge is 0.305 e. The Kier molecular flexibility index (Phi) is 3.60. The van der Waals surface area contributed by atoms with Crippen molar-refractivity contribution >= 4 is 22.4 Å². The van der Waals surface area contributed by atoms with Crippen LogP contribution in [0.4, 0.5) is 0 Å². The average Bonchev–Trinajstić information content (AvgIpc) is 3.24. The summed E-state index contributed by atoms with van der Waals surface area (Å²) in [4.78, 5) is 20.2. The largest absolute Gasteiger partial charge is 0.326 e. The number of nitrogens with one attached hydrogen (secondary N) is 1. The third-order valence-corrected chi connectivity index (χ3v) is 5.69. The van der Waals surface area contributed by atoms with Crippen LogP contribution in [0.1, 0.15) is 57.2 Å². The third-order valence-electron chi connectivity index (χ3n) is 4.79. The van der Waals surface area contributed by atoms with Gasteiger partial charge in [-0.1, -0.05) is 18.9 Å². The van der Waals surface area contributed by atoms with Gasteiger partial charge in [-0.3, -0.25) is 4.57 Å². The second-order valence-corrected chi connectivity index (χ2v) is 7.51. The number of rotatable bonds is 3. The molecule has 4 nitrogen and oxygen atoms in total. The molecule has 4 rings (SSSR count). The first-order valence-electron chi connectivity index (χ1n) is 8.34. The van der Waals surface area contributed by atoms with E-state index < -0.39 is 0 Å². The number of imidazole rings is 1. The molecule has 1 aromatic carbocycles. The van der Waals surface area contributed by atoms with Gasteiger partial charge in [0, 0.05) is 22.9 Å². The Morgan fingerprint density at radius 2 is 2.09 bits per heavy atom. The van der Waals surface area contributed by atoms with Crippen molar-refractivity contribution < 1.29 is 0 Å². The summed E-state index contributed by atoms with van der Waals surface area (Å²) in [5.74, 6) is 0.624. The normalized spacial score (nSPS) is 16.0. The van der Waals surface area contributed by atoms with Crippen LogP contribution >= 0.6 is 11.3 Å². The molecule has 0 atom stereocenters. The lowest BCUT2D eigenvalue weighted by Crippen LogP contribution is -2.18. The van der Waals surface area contributed by atoms with Crippen molar-refractivity contribution in [2.75, 3.05) is 0 Å². The molecule has 0 spiro atoms. The van der Waals surface area contributed by atoms with Crippen LogP contribution in [-0.4, -0.2) is 14.5 Å². The van der Waals surface area contributed by atoms with Gasteiger partial charge >= 0.3 is 5.69 Å². The predicted molar refractivity (Wildman–Crippen MR) is 95.3 cm³/mol. The van der Waals surface area contributed by atoms with E-state index in [0.29, 0.717) is 5.92 Å². The number of aromatic nitrogens is 3. The number of thiazole rings is 1. The molecule has 3 aromatic rings. The van der Waals surface area contributed by atoms with Crippen LogP contribution in [0.25, 0.3) is 21.6 Å². The lowest BCUT2D eigenvalue weighted by Gasteiger charge is -2.07. The van der Waals surface area contributed by atoms with Gasteiger partial charge in [0.2, 0.25) is 0 Å². The molecule has 1 saturated carbocycles. The van der Waals surface area contributed by atoms with E-state index in [4.69, 9.17) is 4.98 Å². The van der Waals surface area contributed by atoms with Crippen molar-refractivity contribution in [2.45, 2.75) is 51.5 Å². The maximum Gasteiger partial charge on any atom is 0.326 e. The van der Waals surface area contributed by atoms with E-state index in [2.05, 4.69) is 16.4 Å². The minimum Gasteiger partial charge on any atom is -0.305 e. The van der Waals surface area contributed by atoms with Crippen molar-refractivity contribution in [2.24, 2.45) is 0 Å². The fourth-order valence-corrected chi connectivity index (χ4v) is 4.59. The summed E-state index contributed by atoms with van der Waals surface area (Å²) < 4.78 is 1.81. The van der Waals surface area contributed by atoms with E-state index in [0.717, 1.165) is 21.6 Å². The fraction of sp³-hybridized carbons (Fsp3) is 0.444. The van der Waals surface area contributed by atoms with E-state index in [1.807, 2.05) is 30.5 Å². The van der Waals surface area contributed by atoms with E-state index in [-0.39, 0.29) is 11.7 Å². The second kappa shape index (κ2) is 5.64. The standard InChI is InChI=1S/C18H21N3OS/c1-11(2)21-15-9-5-8-13(16(15)20-18(21)22)17-19-14(10-23-17)12-6-3-4-7-12/h5,8-12H,3-4,6-7H2,1-2H3,(H,20,22). The zero-order valence-corrected chi connectivity index (χ0v) is 14.3. The van der Waals surface area contributed by atoms with Gasteiger partial charge in [0.1, 0.15) is 5.01 Å². The number of fused-ring (bicyclic) bond motifs is 1. The zero-order valence-electron chi connectivity index (χ0n) is 13.5. The third kappa shape index (κ3) is 2.43. The van der Waals surface area contributed by atoms with Gasteiger partial charge in [-0.2, -0.15) is 0 Å². The number of aromatic amines is 1. The number of para-hydroxylation sites is 1. The molecule has 0 amide bonds. The summed E-state index contributed by atoms with van der Waals surface area (Å²) in [5.41, 5.74) is 4.08. The Balaban J connectivity index is 1.83. The van der Waals surface area contributed by atoms with Gasteiger partial charge in [-0.05, 0) is 38.8 Å². The second-order valence-electron chi connectivity index (χ2n) is 6.65. The Hall–Kier alpha value is -1.88. The zero-order chi connectivity index (χ0) is 16.0. The number of nitrogens with zero attached hydrogens (tertiary/aromatic N) is 2. The summed E-state index contributed by atoms with van der Waals surface area (Å²) in [7, 11) is 0. The van der Waals surface area contributed by atoms with E-state index in [9.17, 15) is 4.79 Å². The molecule has 1 fully saturated rings. The number of benzene rings is 1. The number of H-pyrrole nitrogens is 1. The Bertz CT molecular complexity index is 897. The van der Waals surface area contributed by atoms with Crippen LogP contribution in [-0.2, 0) is 0 Å². The summed E-state index contributed by atoms with van der Waals surface area (Å²) in [6.45, 7) is 4.06. The van der Waals surface area contributed by atoms with Crippen molar-refractivity contribution in [1.29, 1.82) is 0 Å². The van der Waals surface area contributed by atoms with Gasteiger partial charge in [-0.25, -0.2) is 9.78 Å². The molecule has 0 saturated heterocycles. The molecule has 0 radical (unpaired) electrons. The molecular formula is C18H21N3OS. The molecule has 0 bridgehead atoms. The van der Waals surface area contributed by atoms with Gasteiger partial charge in [0.15, 0.2) is 0 Å². The van der Waals surface area contributed by atoms with Crippen LogP contribution < -0.4 is 5.69 Å². The molecule has 1 N–H and O–H groups in total. The summed E-state index contributed by atoms with van der Waals surface area (Å²) in [5, 5.41) is 3.21. The van der Waals surface area contributed by atoms with Gasteiger partial charge in [0.05, 0.1) is 16.7 Å². The van der Waals surface area contributed by atoms with Crippen molar-refractivity contribution in [3.63, 3.8) is 0 Å². The van der Waals surface area contributed by atoms with Crippen LogP contribution in [0.3, 0.4) is 0 Å². The minimum absolute atomic E-state index is 0.0463. The monoisotopic (exact) mass is 327 g/mol. The molecule has 23 heavy (non-hydrogen) atoms. The van der Waals surface area contributed by atoms with Crippen molar-refractivity contribution in [1.82, 2.24) is 14.5 Å². The highest BCUT2D eigenvalue weighted by Crippen LogP contribution is 2.37. The lowest BCUT2D eigenvalue weighted by atomic mass is 10.1. The highest BCUT2D eigenvalue weighted by atomic mass is 32.1. The quantitative estimate of drug-likeness (QED) is 0.758. The first-order valence-corrected chi connectivity index (χ1v) is 9.22. The summed E-state index contributed by atoms with van der Waals surface area (Å²) in [6.07, 6.45) is 5.15. The molecule has 5 heteroatoms. The molecule has 0 unspecified atom stereocenters. The van der Waals surface area contributed by atoms with Crippen LogP contribution in [0.5, 0.6) is 0 Å². The van der Waals surface area contributed by atoms with Gasteiger partial charge < -0.3 is 4.98 Å². The maximum atomic E-state index is 12.3. The highest BCUT2D eigenvalue weighted by Gasteiger charge is 2.21. The van der Waals surface area contributed by atoms with Crippen LogP contribution in [0.15, 0.2) is 28.4 Å². The highest BCUT2D eigenvalue weighted by molar-refractivity contribution is 7.13. The number of hydrogen-bond acceptors (Lipinski definition) is 3. The molecular weight excluding hydrogens is 306 g/mol. The fourth-order valence-electron chi connectivity index (χ4n) is 3.66. The molecule has 2 heterocycles. The average molecular weight is 327 g/mol. The van der Waals surface area contributed by atoms with E-state index in [1.165, 1.54) is 31.4 Å². The van der Waals surface area contributed by atoms with Crippen LogP contribution in [0.2, 0.25) is 0 Å². The summed E-state index contributed by atoms with van der Waals surface area (Å²) >= 11 is 1.69. The molecule has 120 valence electrons. The maximum absolute atomic E-state index is 12.3. The number of hydrogen-bond donors (Lipinski definition) is 1. The molecule has 1 aliphatic carbocycles. The predicted octanol–water partition coefficient (Wildman–Crippen LogP) is 4.69. The molecule has 2 aromatic heterocycles.